The van der Waals surface area contributed by atoms with Gasteiger partial charge in [0.05, 0.1) is 0 Å². The van der Waals surface area contributed by atoms with Crippen molar-refractivity contribution in [3.05, 3.63) is 60.2 Å². The predicted octanol–water partition coefficient (Wildman–Crippen LogP) is 5.49. The molecule has 0 saturated heterocycles. The van der Waals surface area contributed by atoms with E-state index in [0.717, 1.165) is 5.75 Å². The molecule has 0 aliphatic rings. The van der Waals surface area contributed by atoms with Crippen molar-refractivity contribution in [2.75, 3.05) is 0 Å². The summed E-state index contributed by atoms with van der Waals surface area (Å²) in [5.74, 6) is 0.956. The van der Waals surface area contributed by atoms with Crippen LogP contribution in [0.1, 0.15) is 40.2 Å². The molecule has 2 heteroatoms. The van der Waals surface area contributed by atoms with Gasteiger partial charge in [0, 0.05) is 11.0 Å². The van der Waals surface area contributed by atoms with Crippen LogP contribution < -0.4 is 9.83 Å². The molecule has 0 N–H and O–H groups in total. The second kappa shape index (κ2) is 6.62. The van der Waals surface area contributed by atoms with Gasteiger partial charge in [0.1, 0.15) is 13.9 Å². The minimum absolute atomic E-state index is 0.194. The lowest BCUT2D eigenvalue weighted by Crippen LogP contribution is -2.15. The van der Waals surface area contributed by atoms with Crippen molar-refractivity contribution in [2.45, 2.75) is 45.7 Å². The average molecular weight is 300 g/mol. The topological polar surface area (TPSA) is 9.23 Å². The Morgan fingerprint density at radius 2 is 1.43 bits per heavy atom. The Balaban J connectivity index is 2.23. The zero-order valence-corrected chi connectivity index (χ0v) is 14.5. The molecule has 0 fully saturated rings. The molecule has 0 spiro atoms. The van der Waals surface area contributed by atoms with E-state index in [1.807, 2.05) is 30.3 Å². The summed E-state index contributed by atoms with van der Waals surface area (Å²) in [5.41, 5.74) is 2.05. The van der Waals surface area contributed by atoms with Crippen LogP contribution in [0.2, 0.25) is 0 Å². The van der Waals surface area contributed by atoms with Gasteiger partial charge in [-0.3, -0.25) is 0 Å². The molecular formula is C19H25OP. The van der Waals surface area contributed by atoms with E-state index in [9.17, 15) is 0 Å². The molecule has 1 atom stereocenters. The lowest BCUT2D eigenvalue weighted by molar-refractivity contribution is 0.590. The van der Waals surface area contributed by atoms with E-state index >= 15 is 0 Å². The Labute approximate surface area is 130 Å². The van der Waals surface area contributed by atoms with Crippen LogP contribution >= 0.6 is 8.15 Å². The van der Waals surface area contributed by atoms with Gasteiger partial charge in [-0.15, -0.1) is 0 Å². The fraction of sp³-hybridized carbons (Fsp3) is 0.368. The van der Waals surface area contributed by atoms with E-state index in [0.29, 0.717) is 5.66 Å². The largest absolute Gasteiger partial charge is 0.469 e. The van der Waals surface area contributed by atoms with Crippen LogP contribution in [0.4, 0.5) is 0 Å². The lowest BCUT2D eigenvalue weighted by atomic mass is 9.87. The van der Waals surface area contributed by atoms with E-state index in [2.05, 4.69) is 58.9 Å². The lowest BCUT2D eigenvalue weighted by Gasteiger charge is -2.24. The minimum atomic E-state index is -0.639. The first-order valence-electron chi connectivity index (χ1n) is 7.51. The van der Waals surface area contributed by atoms with Gasteiger partial charge in [0.2, 0.25) is 0 Å². The average Bonchev–Trinajstić information content (AvgIpc) is 2.45. The van der Waals surface area contributed by atoms with Crippen LogP contribution in [0.3, 0.4) is 0 Å². The van der Waals surface area contributed by atoms with Crippen LogP contribution in [0.5, 0.6) is 5.75 Å². The first-order chi connectivity index (χ1) is 9.88. The van der Waals surface area contributed by atoms with Gasteiger partial charge in [-0.2, -0.15) is 0 Å². The molecule has 112 valence electrons. The molecule has 0 aliphatic heterocycles. The molecule has 2 rings (SSSR count). The fourth-order valence-electron chi connectivity index (χ4n) is 2.16. The Kier molecular flexibility index (Phi) is 5.06. The van der Waals surface area contributed by atoms with Crippen molar-refractivity contribution >= 4 is 13.5 Å². The number of hydrogen-bond acceptors (Lipinski definition) is 1. The molecule has 0 saturated carbocycles. The van der Waals surface area contributed by atoms with Gasteiger partial charge in [0.25, 0.3) is 0 Å². The molecule has 21 heavy (non-hydrogen) atoms. The van der Waals surface area contributed by atoms with Gasteiger partial charge in [-0.25, -0.2) is 0 Å². The van der Waals surface area contributed by atoms with Crippen LogP contribution in [0, 0.1) is 0 Å². The number of rotatable bonds is 4. The number of hydrogen-bond donors (Lipinski definition) is 0. The fourth-order valence-corrected chi connectivity index (χ4v) is 3.86. The maximum absolute atomic E-state index is 6.25. The summed E-state index contributed by atoms with van der Waals surface area (Å²) in [7, 11) is -0.639. The Morgan fingerprint density at radius 1 is 0.857 bits per heavy atom. The summed E-state index contributed by atoms with van der Waals surface area (Å²) in [4.78, 5) is 0. The van der Waals surface area contributed by atoms with Gasteiger partial charge < -0.3 is 4.52 Å². The van der Waals surface area contributed by atoms with Gasteiger partial charge in [0.15, 0.2) is 0 Å². The molecule has 0 amide bonds. The van der Waals surface area contributed by atoms with E-state index in [1.54, 1.807) is 0 Å². The van der Waals surface area contributed by atoms with Crippen molar-refractivity contribution in [2.24, 2.45) is 0 Å². The summed E-state index contributed by atoms with van der Waals surface area (Å²) in [6.07, 6.45) is 0. The molecule has 0 bridgehead atoms. The van der Waals surface area contributed by atoms with Crippen molar-refractivity contribution < 1.29 is 4.52 Å². The normalized spacial score (nSPS) is 13.2. The third-order valence-corrected chi connectivity index (χ3v) is 5.56. The highest BCUT2D eigenvalue weighted by molar-refractivity contribution is 7.61. The molecule has 2 aromatic rings. The zero-order chi connectivity index (χ0) is 15.5. The number of para-hydroxylation sites is 1. The van der Waals surface area contributed by atoms with Gasteiger partial charge in [-0.05, 0) is 23.1 Å². The van der Waals surface area contributed by atoms with Crippen molar-refractivity contribution in [3.63, 3.8) is 0 Å². The summed E-state index contributed by atoms with van der Waals surface area (Å²) < 4.78 is 6.25. The second-order valence-electron chi connectivity index (χ2n) is 6.62. The highest BCUT2D eigenvalue weighted by Gasteiger charge is 2.20. The number of benzene rings is 2. The maximum atomic E-state index is 6.25. The van der Waals surface area contributed by atoms with Crippen LogP contribution in [-0.4, -0.2) is 5.66 Å². The maximum Gasteiger partial charge on any atom is 0.123 e. The highest BCUT2D eigenvalue weighted by Crippen LogP contribution is 2.42. The van der Waals surface area contributed by atoms with Crippen molar-refractivity contribution in [1.29, 1.82) is 0 Å². The highest BCUT2D eigenvalue weighted by atomic mass is 31.1. The third-order valence-electron chi connectivity index (χ3n) is 3.40. The minimum Gasteiger partial charge on any atom is -0.469 e. The van der Waals surface area contributed by atoms with Gasteiger partial charge in [-0.1, -0.05) is 77.1 Å². The predicted molar refractivity (Wildman–Crippen MR) is 93.9 cm³/mol. The van der Waals surface area contributed by atoms with E-state index in [1.165, 1.54) is 10.9 Å². The van der Waals surface area contributed by atoms with Crippen molar-refractivity contribution in [3.8, 4) is 5.75 Å². The van der Waals surface area contributed by atoms with Crippen LogP contribution in [-0.2, 0) is 5.41 Å². The third kappa shape index (κ3) is 4.32. The van der Waals surface area contributed by atoms with Crippen LogP contribution in [0.15, 0.2) is 54.6 Å². The second-order valence-corrected chi connectivity index (χ2v) is 9.00. The first-order valence-corrected chi connectivity index (χ1v) is 8.83. The van der Waals surface area contributed by atoms with Crippen molar-refractivity contribution in [1.82, 2.24) is 0 Å². The molecule has 0 radical (unpaired) electrons. The van der Waals surface area contributed by atoms with Gasteiger partial charge >= 0.3 is 0 Å². The molecule has 1 unspecified atom stereocenters. The Bertz CT molecular complexity index is 552. The smallest absolute Gasteiger partial charge is 0.123 e. The summed E-state index contributed by atoms with van der Waals surface area (Å²) in [6, 6.07) is 19.1. The first kappa shape index (κ1) is 16.0. The standard InChI is InChI=1S/C19H25OP/c1-15(2)21(20-17-9-7-6-8-10-17)18-13-11-16(12-14-18)19(3,4)5/h6-15H,1-5H3. The van der Waals surface area contributed by atoms with Crippen LogP contribution in [0.25, 0.3) is 0 Å². The molecule has 1 nitrogen and oxygen atoms in total. The summed E-state index contributed by atoms with van der Waals surface area (Å²) in [6.45, 7) is 11.2. The Morgan fingerprint density at radius 3 is 1.90 bits per heavy atom. The van der Waals surface area contributed by atoms with E-state index in [-0.39, 0.29) is 5.41 Å². The SMILES string of the molecule is CC(C)P(Oc1ccccc1)c1ccc(C(C)(C)C)cc1. The molecule has 0 aliphatic carbocycles. The molecule has 2 aromatic carbocycles. The molecule has 0 aromatic heterocycles. The van der Waals surface area contributed by atoms with E-state index < -0.39 is 8.15 Å². The van der Waals surface area contributed by atoms with E-state index in [4.69, 9.17) is 4.52 Å². The molecular weight excluding hydrogens is 275 g/mol. The molecule has 0 heterocycles. The summed E-state index contributed by atoms with van der Waals surface area (Å²) in [5, 5.41) is 1.30. The zero-order valence-electron chi connectivity index (χ0n) is 13.6. The quantitative estimate of drug-likeness (QED) is 0.678. The monoisotopic (exact) mass is 300 g/mol. The summed E-state index contributed by atoms with van der Waals surface area (Å²) >= 11 is 0. The Hall–Kier alpha value is -1.33.